The molecule has 1 heterocycles. The van der Waals surface area contributed by atoms with Crippen molar-refractivity contribution in [3.05, 3.63) is 35.9 Å². The number of hydrogen-bond acceptors (Lipinski definition) is 2. The summed E-state index contributed by atoms with van der Waals surface area (Å²) in [5.41, 5.74) is 1.17. The van der Waals surface area contributed by atoms with Crippen LogP contribution >= 0.6 is 0 Å². The van der Waals surface area contributed by atoms with E-state index in [1.807, 2.05) is 18.2 Å². The van der Waals surface area contributed by atoms with Crippen LogP contribution in [0.15, 0.2) is 30.3 Å². The Morgan fingerprint density at radius 1 is 1.17 bits per heavy atom. The number of rotatable bonds is 5. The largest absolute Gasteiger partial charge is 0.350 e. The maximum atomic E-state index is 12.2. The maximum absolute atomic E-state index is 12.2. The second-order valence-corrected chi connectivity index (χ2v) is 7.87. The van der Waals surface area contributed by atoms with Gasteiger partial charge in [-0.25, -0.2) is 0 Å². The average molecular weight is 312 g/mol. The van der Waals surface area contributed by atoms with E-state index in [4.69, 9.17) is 0 Å². The number of hydrogen-bond donors (Lipinski definition) is 1. The normalized spacial score (nSPS) is 33.6. The van der Waals surface area contributed by atoms with E-state index in [-0.39, 0.29) is 11.9 Å². The number of nitrogens with one attached hydrogen (secondary N) is 1. The first-order valence-corrected chi connectivity index (χ1v) is 9.27. The summed E-state index contributed by atoms with van der Waals surface area (Å²) in [6.07, 6.45) is 5.06. The molecule has 2 bridgehead atoms. The van der Waals surface area contributed by atoms with Crippen molar-refractivity contribution in [1.29, 1.82) is 0 Å². The van der Waals surface area contributed by atoms with Gasteiger partial charge < -0.3 is 10.2 Å². The zero-order valence-corrected chi connectivity index (χ0v) is 14.1. The van der Waals surface area contributed by atoms with E-state index in [9.17, 15) is 4.79 Å². The highest BCUT2D eigenvalue weighted by atomic mass is 16.1. The summed E-state index contributed by atoms with van der Waals surface area (Å²) in [6.45, 7) is 5.48. The third kappa shape index (κ3) is 3.03. The van der Waals surface area contributed by atoms with E-state index in [2.05, 4.69) is 29.3 Å². The molecule has 3 nitrogen and oxygen atoms in total. The van der Waals surface area contributed by atoms with Crippen molar-refractivity contribution in [2.45, 2.75) is 38.6 Å². The van der Waals surface area contributed by atoms with E-state index in [0.29, 0.717) is 6.42 Å². The summed E-state index contributed by atoms with van der Waals surface area (Å²) >= 11 is 0. The number of amides is 1. The van der Waals surface area contributed by atoms with Crippen LogP contribution in [0.25, 0.3) is 0 Å². The molecule has 4 rings (SSSR count). The van der Waals surface area contributed by atoms with E-state index in [0.717, 1.165) is 30.2 Å². The Balaban J connectivity index is 1.23. The fourth-order valence-corrected chi connectivity index (χ4v) is 5.35. The number of benzene rings is 1. The quantitative estimate of drug-likeness (QED) is 0.905. The monoisotopic (exact) mass is 312 g/mol. The zero-order chi connectivity index (χ0) is 15.8. The van der Waals surface area contributed by atoms with Crippen molar-refractivity contribution in [2.24, 2.45) is 23.7 Å². The van der Waals surface area contributed by atoms with Gasteiger partial charge in [-0.05, 0) is 55.4 Å². The van der Waals surface area contributed by atoms with Gasteiger partial charge in [0, 0.05) is 26.1 Å². The van der Waals surface area contributed by atoms with Crippen LogP contribution < -0.4 is 5.32 Å². The van der Waals surface area contributed by atoms with Crippen molar-refractivity contribution in [2.75, 3.05) is 19.6 Å². The molecule has 3 aliphatic rings. The molecule has 0 spiro atoms. The Morgan fingerprint density at radius 3 is 2.48 bits per heavy atom. The molecule has 0 aromatic heterocycles. The van der Waals surface area contributed by atoms with Crippen molar-refractivity contribution in [3.8, 4) is 0 Å². The van der Waals surface area contributed by atoms with Gasteiger partial charge in [0.25, 0.3) is 0 Å². The molecule has 1 aromatic rings. The van der Waals surface area contributed by atoms with Crippen LogP contribution in [0.1, 0.15) is 44.2 Å². The Kier molecular flexibility index (Phi) is 4.14. The van der Waals surface area contributed by atoms with Crippen molar-refractivity contribution >= 4 is 5.91 Å². The minimum absolute atomic E-state index is 0.0949. The molecule has 1 saturated heterocycles. The molecule has 0 radical (unpaired) electrons. The van der Waals surface area contributed by atoms with Crippen LogP contribution in [0.2, 0.25) is 0 Å². The minimum atomic E-state index is 0.0949. The Labute approximate surface area is 139 Å². The fourth-order valence-electron chi connectivity index (χ4n) is 5.35. The van der Waals surface area contributed by atoms with Gasteiger partial charge in [0.2, 0.25) is 5.91 Å². The molecule has 5 atom stereocenters. The smallest absolute Gasteiger partial charge is 0.221 e. The Morgan fingerprint density at radius 2 is 1.83 bits per heavy atom. The van der Waals surface area contributed by atoms with Crippen molar-refractivity contribution in [3.63, 3.8) is 0 Å². The fraction of sp³-hybridized carbons (Fsp3) is 0.650. The number of carbonyl (C=O) groups is 1. The van der Waals surface area contributed by atoms with E-state index >= 15 is 0 Å². The molecule has 3 fully saturated rings. The molecule has 1 N–H and O–H groups in total. The van der Waals surface area contributed by atoms with Gasteiger partial charge in [-0.3, -0.25) is 4.79 Å². The topological polar surface area (TPSA) is 32.3 Å². The van der Waals surface area contributed by atoms with Gasteiger partial charge in [-0.15, -0.1) is 0 Å². The summed E-state index contributed by atoms with van der Waals surface area (Å²) < 4.78 is 0. The molecule has 0 unspecified atom stereocenters. The van der Waals surface area contributed by atoms with Gasteiger partial charge in [0.15, 0.2) is 0 Å². The van der Waals surface area contributed by atoms with Crippen LogP contribution in [0, 0.1) is 23.7 Å². The molecule has 3 heteroatoms. The molecule has 1 aliphatic heterocycles. The number of fused-ring (bicyclic) bond motifs is 5. The van der Waals surface area contributed by atoms with Crippen molar-refractivity contribution < 1.29 is 4.79 Å². The summed E-state index contributed by atoms with van der Waals surface area (Å²) in [5, 5.41) is 3.13. The van der Waals surface area contributed by atoms with Gasteiger partial charge in [-0.1, -0.05) is 30.3 Å². The lowest BCUT2D eigenvalue weighted by atomic mass is 9.82. The lowest BCUT2D eigenvalue weighted by Crippen LogP contribution is -2.32. The van der Waals surface area contributed by atoms with Gasteiger partial charge in [-0.2, -0.15) is 0 Å². The second-order valence-electron chi connectivity index (χ2n) is 7.87. The van der Waals surface area contributed by atoms with E-state index in [1.165, 1.54) is 37.9 Å². The average Bonchev–Trinajstić information content (AvgIpc) is 3.26. The number of carbonyl (C=O) groups excluding carboxylic acids is 1. The summed E-state index contributed by atoms with van der Waals surface area (Å²) in [6, 6.07) is 10.3. The van der Waals surface area contributed by atoms with E-state index in [1.54, 1.807) is 0 Å². The molecule has 1 aromatic carbocycles. The second kappa shape index (κ2) is 6.27. The van der Waals surface area contributed by atoms with Gasteiger partial charge in [0.05, 0.1) is 6.04 Å². The predicted octanol–water partition coefficient (Wildman–Crippen LogP) is 3.23. The lowest BCUT2D eigenvalue weighted by Gasteiger charge is -2.22. The molecule has 2 aliphatic carbocycles. The molecule has 1 amide bonds. The minimum Gasteiger partial charge on any atom is -0.350 e. The van der Waals surface area contributed by atoms with Crippen LogP contribution in [-0.2, 0) is 4.79 Å². The first kappa shape index (κ1) is 15.2. The Bertz CT molecular complexity index is 540. The molecule has 124 valence electrons. The van der Waals surface area contributed by atoms with Crippen LogP contribution in [0.5, 0.6) is 0 Å². The summed E-state index contributed by atoms with van der Waals surface area (Å²) in [5.74, 6) is 4.07. The van der Waals surface area contributed by atoms with Crippen molar-refractivity contribution in [1.82, 2.24) is 10.2 Å². The van der Waals surface area contributed by atoms with Crippen LogP contribution in [0.4, 0.5) is 0 Å². The van der Waals surface area contributed by atoms with Gasteiger partial charge in [0.1, 0.15) is 0 Å². The zero-order valence-electron chi connectivity index (χ0n) is 14.1. The molecular formula is C20H28N2O. The van der Waals surface area contributed by atoms with Crippen LogP contribution in [-0.4, -0.2) is 30.4 Å². The SMILES string of the molecule is C[C@H](NC(=O)CCN1C[C@@H]2[C@@H]3CC[C@@H](C3)[C@@H]2C1)c1ccccc1. The van der Waals surface area contributed by atoms with Gasteiger partial charge >= 0.3 is 0 Å². The lowest BCUT2D eigenvalue weighted by molar-refractivity contribution is -0.122. The summed E-state index contributed by atoms with van der Waals surface area (Å²) in [7, 11) is 0. The number of likely N-dealkylation sites (tertiary alicyclic amines) is 1. The van der Waals surface area contributed by atoms with E-state index < -0.39 is 0 Å². The predicted molar refractivity (Wildman–Crippen MR) is 91.9 cm³/mol. The standard InChI is InChI=1S/C20H28N2O/c1-14(15-5-3-2-4-6-15)21-20(23)9-10-22-12-18-16-7-8-17(11-16)19(18)13-22/h2-6,14,16-19H,7-13H2,1H3,(H,21,23)/t14-,16-,17+,18-,19+/m0/s1. The maximum Gasteiger partial charge on any atom is 0.221 e. The first-order chi connectivity index (χ1) is 11.2. The highest BCUT2D eigenvalue weighted by Gasteiger charge is 2.51. The molecule has 2 saturated carbocycles. The summed E-state index contributed by atoms with van der Waals surface area (Å²) in [4.78, 5) is 14.8. The van der Waals surface area contributed by atoms with Crippen LogP contribution in [0.3, 0.4) is 0 Å². The highest BCUT2D eigenvalue weighted by molar-refractivity contribution is 5.76. The molecular weight excluding hydrogens is 284 g/mol. The third-order valence-corrected chi connectivity index (χ3v) is 6.54. The first-order valence-electron chi connectivity index (χ1n) is 9.27. The Hall–Kier alpha value is -1.35. The third-order valence-electron chi connectivity index (χ3n) is 6.54. The molecule has 23 heavy (non-hydrogen) atoms. The highest BCUT2D eigenvalue weighted by Crippen LogP contribution is 2.55. The number of nitrogens with zero attached hydrogens (tertiary/aromatic N) is 1.